The van der Waals surface area contributed by atoms with Crippen molar-refractivity contribution in [3.05, 3.63) is 0 Å². The smallest absolute Gasteiger partial charge is 0.326 e. The molecule has 0 bridgehead atoms. The van der Waals surface area contributed by atoms with Gasteiger partial charge in [-0.05, 0) is 25.7 Å². The van der Waals surface area contributed by atoms with Crippen molar-refractivity contribution in [1.82, 2.24) is 21.3 Å². The quantitative estimate of drug-likeness (QED) is 0.122. The summed E-state index contributed by atoms with van der Waals surface area (Å²) in [6.45, 7) is 8.91. The van der Waals surface area contributed by atoms with E-state index in [1.807, 2.05) is 0 Å². The lowest BCUT2D eigenvalue weighted by atomic mass is 9.97. The van der Waals surface area contributed by atoms with Crippen LogP contribution in [0.3, 0.4) is 0 Å². The number of aliphatic carboxylic acids is 1. The molecule has 0 saturated heterocycles. The van der Waals surface area contributed by atoms with Crippen LogP contribution in [-0.2, 0) is 24.0 Å². The zero-order chi connectivity index (χ0) is 27.5. The fourth-order valence-electron chi connectivity index (χ4n) is 3.02. The molecule has 0 fully saturated rings. The summed E-state index contributed by atoms with van der Waals surface area (Å²) in [5.74, 6) is -5.08. The molecule has 13 nitrogen and oxygen atoms in total. The number of nitrogens with one attached hydrogen (secondary N) is 4. The number of aliphatic hydroxyl groups excluding tert-OH is 2. The van der Waals surface area contributed by atoms with Gasteiger partial charge in [0.05, 0.1) is 12.7 Å². The molecule has 35 heavy (non-hydrogen) atoms. The predicted molar refractivity (Wildman–Crippen MR) is 127 cm³/mol. The summed E-state index contributed by atoms with van der Waals surface area (Å²) in [6.07, 6.45) is -0.373. The van der Waals surface area contributed by atoms with E-state index in [0.29, 0.717) is 12.8 Å². The number of hydrogen-bond acceptors (Lipinski definition) is 8. The third-order valence-electron chi connectivity index (χ3n) is 5.92. The van der Waals surface area contributed by atoms with E-state index >= 15 is 0 Å². The second-order valence-corrected chi connectivity index (χ2v) is 8.83. The van der Waals surface area contributed by atoms with Crippen LogP contribution in [0, 0.1) is 11.8 Å². The Morgan fingerprint density at radius 3 is 1.57 bits per heavy atom. The first-order valence-electron chi connectivity index (χ1n) is 11.7. The Morgan fingerprint density at radius 2 is 1.14 bits per heavy atom. The van der Waals surface area contributed by atoms with Crippen LogP contribution in [0.5, 0.6) is 0 Å². The second kappa shape index (κ2) is 15.3. The molecule has 0 aromatic carbocycles. The minimum Gasteiger partial charge on any atom is -0.480 e. The van der Waals surface area contributed by atoms with E-state index in [-0.39, 0.29) is 5.92 Å². The molecule has 0 aromatic rings. The van der Waals surface area contributed by atoms with E-state index < -0.39 is 78.4 Å². The van der Waals surface area contributed by atoms with Gasteiger partial charge in [0, 0.05) is 0 Å². The minimum absolute atomic E-state index is 0.329. The molecule has 0 aliphatic carbocycles. The number of rotatable bonds is 15. The van der Waals surface area contributed by atoms with Crippen LogP contribution in [0.25, 0.3) is 0 Å². The Bertz CT molecular complexity index is 747. The van der Waals surface area contributed by atoms with E-state index in [9.17, 15) is 34.2 Å². The van der Waals surface area contributed by atoms with Gasteiger partial charge in [-0.3, -0.25) is 19.2 Å². The topological polar surface area (TPSA) is 220 Å². The Hall–Kier alpha value is -2.77. The van der Waals surface area contributed by atoms with Gasteiger partial charge in [0.2, 0.25) is 23.6 Å². The molecule has 0 unspecified atom stereocenters. The highest BCUT2D eigenvalue weighted by molar-refractivity contribution is 5.95. The lowest BCUT2D eigenvalue weighted by Gasteiger charge is -2.28. The number of amides is 4. The molecule has 202 valence electrons. The molecule has 0 aromatic heterocycles. The molecule has 4 amide bonds. The van der Waals surface area contributed by atoms with Crippen molar-refractivity contribution in [3.63, 3.8) is 0 Å². The first kappa shape index (κ1) is 32.2. The fourth-order valence-corrected chi connectivity index (χ4v) is 3.02. The van der Waals surface area contributed by atoms with Gasteiger partial charge in [-0.2, -0.15) is 0 Å². The number of carbonyl (C=O) groups excluding carboxylic acids is 4. The Balaban J connectivity index is 5.38. The van der Waals surface area contributed by atoms with Gasteiger partial charge in [-0.25, -0.2) is 4.79 Å². The molecule has 0 spiro atoms. The van der Waals surface area contributed by atoms with E-state index in [0.717, 1.165) is 0 Å². The molecule has 0 saturated carbocycles. The molecule has 0 rings (SSSR count). The zero-order valence-corrected chi connectivity index (χ0v) is 21.2. The first-order chi connectivity index (χ1) is 16.2. The number of carboxylic acids is 1. The predicted octanol–water partition coefficient (Wildman–Crippen LogP) is -2.18. The average Bonchev–Trinajstić information content (AvgIpc) is 2.81. The summed E-state index contributed by atoms with van der Waals surface area (Å²) < 4.78 is 0. The number of aliphatic hydroxyl groups is 2. The number of nitrogens with two attached hydrogens (primary N) is 1. The molecule has 0 heterocycles. The lowest BCUT2D eigenvalue weighted by Crippen LogP contribution is -2.61. The normalized spacial score (nSPS) is 18.0. The van der Waals surface area contributed by atoms with E-state index in [1.165, 1.54) is 13.8 Å². The Kier molecular flexibility index (Phi) is 14.1. The summed E-state index contributed by atoms with van der Waals surface area (Å²) in [5, 5.41) is 38.0. The summed E-state index contributed by atoms with van der Waals surface area (Å²) in [7, 11) is 0. The minimum atomic E-state index is -1.47. The maximum atomic E-state index is 12.8. The van der Waals surface area contributed by atoms with Crippen LogP contribution in [0.1, 0.15) is 54.4 Å². The van der Waals surface area contributed by atoms with Crippen molar-refractivity contribution < 1.29 is 39.3 Å². The third kappa shape index (κ3) is 10.2. The summed E-state index contributed by atoms with van der Waals surface area (Å²) >= 11 is 0. The number of carbonyl (C=O) groups is 5. The van der Waals surface area contributed by atoms with Crippen molar-refractivity contribution in [3.8, 4) is 0 Å². The van der Waals surface area contributed by atoms with Crippen molar-refractivity contribution in [2.75, 3.05) is 6.61 Å². The first-order valence-corrected chi connectivity index (χ1v) is 11.7. The summed E-state index contributed by atoms with van der Waals surface area (Å²) in [5.41, 5.74) is 5.49. The standard InChI is InChI=1S/C22H41N5O8/c1-7-10(3)15(25-19(31)14(23)9-28)20(32)24-12(5)18(30)27-17(13(6)29)21(33)26-16(22(34)35)11(4)8-2/h10-17,28-29H,7-9,23H2,1-6H3,(H,24,32)(H,25,31)(H,26,33)(H,27,30)(H,34,35)/t10-,11-,12-,13+,14-,15-,16-,17-/m0/s1. The van der Waals surface area contributed by atoms with E-state index in [2.05, 4.69) is 21.3 Å². The highest BCUT2D eigenvalue weighted by atomic mass is 16.4. The summed E-state index contributed by atoms with van der Waals surface area (Å²) in [6, 6.07) is -6.11. The largest absolute Gasteiger partial charge is 0.480 e. The van der Waals surface area contributed by atoms with E-state index in [4.69, 9.17) is 10.8 Å². The maximum absolute atomic E-state index is 12.8. The van der Waals surface area contributed by atoms with Crippen molar-refractivity contribution >= 4 is 29.6 Å². The highest BCUT2D eigenvalue weighted by Gasteiger charge is 2.34. The van der Waals surface area contributed by atoms with Gasteiger partial charge in [0.1, 0.15) is 30.2 Å². The average molecular weight is 504 g/mol. The van der Waals surface area contributed by atoms with Crippen LogP contribution in [0.15, 0.2) is 0 Å². The Morgan fingerprint density at radius 1 is 0.714 bits per heavy atom. The fraction of sp³-hybridized carbons (Fsp3) is 0.773. The molecular weight excluding hydrogens is 462 g/mol. The van der Waals surface area contributed by atoms with Gasteiger partial charge in [-0.15, -0.1) is 0 Å². The monoisotopic (exact) mass is 503 g/mol. The third-order valence-corrected chi connectivity index (χ3v) is 5.92. The molecule has 0 aliphatic rings. The van der Waals surface area contributed by atoms with Crippen LogP contribution in [-0.4, -0.2) is 87.8 Å². The van der Waals surface area contributed by atoms with Crippen molar-refractivity contribution in [2.24, 2.45) is 17.6 Å². The molecule has 0 radical (unpaired) electrons. The highest BCUT2D eigenvalue weighted by Crippen LogP contribution is 2.10. The maximum Gasteiger partial charge on any atom is 0.326 e. The van der Waals surface area contributed by atoms with Gasteiger partial charge >= 0.3 is 5.97 Å². The molecular formula is C22H41N5O8. The van der Waals surface area contributed by atoms with Crippen LogP contribution in [0.2, 0.25) is 0 Å². The summed E-state index contributed by atoms with van der Waals surface area (Å²) in [4.78, 5) is 61.6. The Labute approximate surface area is 205 Å². The second-order valence-electron chi connectivity index (χ2n) is 8.83. The number of carboxylic acid groups (broad SMARTS) is 1. The van der Waals surface area contributed by atoms with Gasteiger partial charge in [0.15, 0.2) is 0 Å². The molecule has 0 aliphatic heterocycles. The SMILES string of the molecule is CC[C@H](C)[C@H](NC(=O)[C@@H](NC(=O)[C@H](C)NC(=O)[C@@H](NC(=O)[C@@H](N)CO)[C@@H](C)CC)[C@@H](C)O)C(=O)O. The van der Waals surface area contributed by atoms with Gasteiger partial charge < -0.3 is 42.3 Å². The van der Waals surface area contributed by atoms with Crippen LogP contribution < -0.4 is 27.0 Å². The lowest BCUT2D eigenvalue weighted by molar-refractivity contribution is -0.144. The van der Waals surface area contributed by atoms with Crippen molar-refractivity contribution in [2.45, 2.75) is 90.7 Å². The zero-order valence-electron chi connectivity index (χ0n) is 21.2. The van der Waals surface area contributed by atoms with Crippen LogP contribution in [0.4, 0.5) is 0 Å². The van der Waals surface area contributed by atoms with E-state index in [1.54, 1.807) is 27.7 Å². The van der Waals surface area contributed by atoms with Crippen molar-refractivity contribution in [1.29, 1.82) is 0 Å². The molecule has 8 atom stereocenters. The molecule has 9 N–H and O–H groups in total. The van der Waals surface area contributed by atoms with Gasteiger partial charge in [-0.1, -0.05) is 40.5 Å². The molecule has 13 heteroatoms. The van der Waals surface area contributed by atoms with Crippen LogP contribution >= 0.6 is 0 Å². The van der Waals surface area contributed by atoms with Gasteiger partial charge in [0.25, 0.3) is 0 Å². The number of hydrogen-bond donors (Lipinski definition) is 8.